The van der Waals surface area contributed by atoms with E-state index in [4.69, 9.17) is 0 Å². The summed E-state index contributed by atoms with van der Waals surface area (Å²) in [7, 11) is 0. The number of aromatic nitrogens is 2. The Morgan fingerprint density at radius 3 is 2.95 bits per heavy atom. The monoisotopic (exact) mass is 277 g/mol. The largest absolute Gasteiger partial charge is 0.328 e. The van der Waals surface area contributed by atoms with E-state index in [1.165, 1.54) is 10.4 Å². The van der Waals surface area contributed by atoms with Crippen molar-refractivity contribution >= 4 is 11.3 Å². The summed E-state index contributed by atoms with van der Waals surface area (Å²) in [5.41, 5.74) is 1.48. The van der Waals surface area contributed by atoms with Gasteiger partial charge in [0.25, 0.3) is 0 Å². The molecule has 0 radical (unpaired) electrons. The molecule has 1 N–H and O–H groups in total. The Labute approximate surface area is 116 Å². The van der Waals surface area contributed by atoms with Gasteiger partial charge in [0.2, 0.25) is 0 Å². The number of hydrogen-bond acceptors (Lipinski definition) is 3. The SMILES string of the molecule is Cc1ccsc1CNCCn1ccn(C2CC2)c1=O. The summed E-state index contributed by atoms with van der Waals surface area (Å²) in [6.07, 6.45) is 6.13. The number of rotatable bonds is 6. The molecule has 5 heteroatoms. The van der Waals surface area contributed by atoms with Gasteiger partial charge < -0.3 is 5.32 Å². The van der Waals surface area contributed by atoms with Crippen LogP contribution in [0.15, 0.2) is 28.6 Å². The lowest BCUT2D eigenvalue weighted by Gasteiger charge is -2.04. The molecule has 0 aromatic carbocycles. The van der Waals surface area contributed by atoms with Gasteiger partial charge in [-0.1, -0.05) is 0 Å². The highest BCUT2D eigenvalue weighted by molar-refractivity contribution is 7.10. The van der Waals surface area contributed by atoms with Crippen LogP contribution in [0.5, 0.6) is 0 Å². The Bertz CT molecular complexity index is 606. The maximum absolute atomic E-state index is 12.0. The first-order valence-electron chi connectivity index (χ1n) is 6.76. The zero-order valence-electron chi connectivity index (χ0n) is 11.1. The Balaban J connectivity index is 1.50. The van der Waals surface area contributed by atoms with Crippen LogP contribution < -0.4 is 11.0 Å². The Morgan fingerprint density at radius 2 is 2.26 bits per heavy atom. The van der Waals surface area contributed by atoms with Gasteiger partial charge in [-0.3, -0.25) is 9.13 Å². The van der Waals surface area contributed by atoms with E-state index in [1.54, 1.807) is 15.9 Å². The molecule has 1 fully saturated rings. The van der Waals surface area contributed by atoms with E-state index in [1.807, 2.05) is 17.0 Å². The number of aryl methyl sites for hydroxylation is 1. The first-order valence-corrected chi connectivity index (χ1v) is 7.64. The van der Waals surface area contributed by atoms with Crippen molar-refractivity contribution in [3.63, 3.8) is 0 Å². The van der Waals surface area contributed by atoms with Gasteiger partial charge in [-0.2, -0.15) is 0 Å². The van der Waals surface area contributed by atoms with Gasteiger partial charge >= 0.3 is 5.69 Å². The third-order valence-corrected chi connectivity index (χ3v) is 4.62. The number of thiophene rings is 1. The van der Waals surface area contributed by atoms with Gasteiger partial charge in [0.1, 0.15) is 0 Å². The van der Waals surface area contributed by atoms with Gasteiger partial charge in [0, 0.05) is 42.9 Å². The molecule has 0 unspecified atom stereocenters. The van der Waals surface area contributed by atoms with Gasteiger partial charge in [0.05, 0.1) is 0 Å². The zero-order valence-corrected chi connectivity index (χ0v) is 11.9. The summed E-state index contributed by atoms with van der Waals surface area (Å²) < 4.78 is 3.66. The predicted molar refractivity (Wildman–Crippen MR) is 77.7 cm³/mol. The van der Waals surface area contributed by atoms with Crippen molar-refractivity contribution in [3.05, 3.63) is 44.8 Å². The van der Waals surface area contributed by atoms with Crippen molar-refractivity contribution in [1.82, 2.24) is 14.5 Å². The van der Waals surface area contributed by atoms with Crippen LogP contribution in [-0.4, -0.2) is 15.7 Å². The Morgan fingerprint density at radius 1 is 1.42 bits per heavy atom. The fourth-order valence-electron chi connectivity index (χ4n) is 2.22. The summed E-state index contributed by atoms with van der Waals surface area (Å²) in [5.74, 6) is 0. The van der Waals surface area contributed by atoms with E-state index in [-0.39, 0.29) is 5.69 Å². The van der Waals surface area contributed by atoms with E-state index in [9.17, 15) is 4.79 Å². The highest BCUT2D eigenvalue weighted by Crippen LogP contribution is 2.33. The van der Waals surface area contributed by atoms with Crippen LogP contribution in [0.2, 0.25) is 0 Å². The molecule has 0 saturated heterocycles. The molecule has 2 aromatic rings. The fourth-order valence-corrected chi connectivity index (χ4v) is 3.09. The summed E-state index contributed by atoms with van der Waals surface area (Å²) in [4.78, 5) is 13.4. The van der Waals surface area contributed by atoms with Crippen molar-refractivity contribution in [2.45, 2.75) is 38.9 Å². The molecular formula is C14H19N3OS. The molecule has 3 rings (SSSR count). The van der Waals surface area contributed by atoms with E-state index < -0.39 is 0 Å². The average molecular weight is 277 g/mol. The van der Waals surface area contributed by atoms with Gasteiger partial charge in [0.15, 0.2) is 0 Å². The van der Waals surface area contributed by atoms with Crippen molar-refractivity contribution in [2.75, 3.05) is 6.54 Å². The molecule has 0 atom stereocenters. The van der Waals surface area contributed by atoms with Crippen LogP contribution in [-0.2, 0) is 13.1 Å². The molecule has 1 aliphatic rings. The van der Waals surface area contributed by atoms with Gasteiger partial charge in [-0.15, -0.1) is 11.3 Å². The van der Waals surface area contributed by atoms with Crippen molar-refractivity contribution in [2.24, 2.45) is 0 Å². The first kappa shape index (κ1) is 12.7. The van der Waals surface area contributed by atoms with Gasteiger partial charge in [-0.05, 0) is 36.8 Å². The molecule has 19 heavy (non-hydrogen) atoms. The summed E-state index contributed by atoms with van der Waals surface area (Å²) in [6, 6.07) is 2.61. The number of nitrogens with zero attached hydrogens (tertiary/aromatic N) is 2. The van der Waals surface area contributed by atoms with E-state index in [2.05, 4.69) is 23.7 Å². The minimum absolute atomic E-state index is 0.136. The normalized spacial score (nSPS) is 15.0. The van der Waals surface area contributed by atoms with Crippen molar-refractivity contribution in [1.29, 1.82) is 0 Å². The maximum Gasteiger partial charge on any atom is 0.328 e. The molecule has 102 valence electrons. The third-order valence-electron chi connectivity index (χ3n) is 3.60. The lowest BCUT2D eigenvalue weighted by Crippen LogP contribution is -2.28. The molecule has 1 saturated carbocycles. The zero-order chi connectivity index (χ0) is 13.2. The second-order valence-corrected chi connectivity index (χ2v) is 6.12. The Hall–Kier alpha value is -1.33. The standard InChI is InChI=1S/C14H19N3OS/c1-11-4-9-19-13(11)10-15-5-6-16-7-8-17(14(16)18)12-2-3-12/h4,7-9,12,15H,2-3,5-6,10H2,1H3. The molecule has 0 spiro atoms. The first-order chi connectivity index (χ1) is 9.25. The van der Waals surface area contributed by atoms with E-state index in [0.29, 0.717) is 6.04 Å². The number of nitrogens with one attached hydrogen (secondary N) is 1. The quantitative estimate of drug-likeness (QED) is 0.822. The summed E-state index contributed by atoms with van der Waals surface area (Å²) in [5, 5.41) is 5.52. The molecule has 1 aliphatic carbocycles. The number of imidazole rings is 1. The number of hydrogen-bond donors (Lipinski definition) is 1. The smallest absolute Gasteiger partial charge is 0.310 e. The highest BCUT2D eigenvalue weighted by Gasteiger charge is 2.25. The second-order valence-electron chi connectivity index (χ2n) is 5.12. The predicted octanol–water partition coefficient (Wildman–Crippen LogP) is 2.14. The molecule has 0 aliphatic heterocycles. The van der Waals surface area contributed by atoms with Crippen molar-refractivity contribution < 1.29 is 0 Å². The molecule has 0 amide bonds. The summed E-state index contributed by atoms with van der Waals surface area (Å²) in [6.45, 7) is 4.59. The van der Waals surface area contributed by atoms with Crippen molar-refractivity contribution in [3.8, 4) is 0 Å². The van der Waals surface area contributed by atoms with E-state index >= 15 is 0 Å². The molecule has 2 heterocycles. The molecular weight excluding hydrogens is 258 g/mol. The molecule has 4 nitrogen and oxygen atoms in total. The fraction of sp³-hybridized carbons (Fsp3) is 0.500. The molecule has 0 bridgehead atoms. The van der Waals surface area contributed by atoms with Crippen LogP contribution in [0.25, 0.3) is 0 Å². The van der Waals surface area contributed by atoms with Crippen LogP contribution in [0, 0.1) is 6.92 Å². The topological polar surface area (TPSA) is 39.0 Å². The lowest BCUT2D eigenvalue weighted by molar-refractivity contribution is 0.570. The van der Waals surface area contributed by atoms with Gasteiger partial charge in [-0.25, -0.2) is 4.79 Å². The summed E-state index contributed by atoms with van der Waals surface area (Å²) >= 11 is 1.78. The molecule has 2 aromatic heterocycles. The van der Waals surface area contributed by atoms with Crippen LogP contribution in [0.3, 0.4) is 0 Å². The third kappa shape index (κ3) is 2.82. The Kier molecular flexibility index (Phi) is 3.57. The van der Waals surface area contributed by atoms with E-state index in [0.717, 1.165) is 32.5 Å². The highest BCUT2D eigenvalue weighted by atomic mass is 32.1. The maximum atomic E-state index is 12.0. The van der Waals surface area contributed by atoms with Crippen LogP contribution in [0.4, 0.5) is 0 Å². The van der Waals surface area contributed by atoms with Crippen LogP contribution in [0.1, 0.15) is 29.3 Å². The lowest BCUT2D eigenvalue weighted by atomic mass is 10.3. The minimum atomic E-state index is 0.136. The average Bonchev–Trinajstić information content (AvgIpc) is 3.07. The second kappa shape index (κ2) is 5.35. The minimum Gasteiger partial charge on any atom is -0.310 e. The van der Waals surface area contributed by atoms with Crippen LogP contribution >= 0.6 is 11.3 Å².